The molecule has 0 aliphatic carbocycles. The van der Waals surface area contributed by atoms with E-state index in [1.165, 1.54) is 12.1 Å². The Morgan fingerprint density at radius 2 is 2.00 bits per heavy atom. The smallest absolute Gasteiger partial charge is 0.211 e. The molecule has 1 saturated heterocycles. The summed E-state index contributed by atoms with van der Waals surface area (Å²) >= 11 is 0. The summed E-state index contributed by atoms with van der Waals surface area (Å²) in [6.45, 7) is 5.90. The van der Waals surface area contributed by atoms with Crippen LogP contribution in [0.5, 0.6) is 0 Å². The summed E-state index contributed by atoms with van der Waals surface area (Å²) in [5, 5.41) is 3.27. The maximum Gasteiger partial charge on any atom is 0.211 e. The molecule has 2 atom stereocenters. The minimum absolute atomic E-state index is 0.00344. The van der Waals surface area contributed by atoms with Gasteiger partial charge in [0.15, 0.2) is 5.96 Å². The van der Waals surface area contributed by atoms with Crippen LogP contribution in [-0.4, -0.2) is 64.4 Å². The van der Waals surface area contributed by atoms with Crippen LogP contribution in [0.4, 0.5) is 4.39 Å². The van der Waals surface area contributed by atoms with Crippen LogP contribution in [0.2, 0.25) is 0 Å². The number of nitrogens with zero attached hydrogens (tertiary/aromatic N) is 2. The van der Waals surface area contributed by atoms with E-state index in [-0.39, 0.29) is 23.8 Å². The van der Waals surface area contributed by atoms with Gasteiger partial charge in [-0.2, -0.15) is 0 Å². The van der Waals surface area contributed by atoms with Crippen molar-refractivity contribution in [2.24, 2.45) is 4.99 Å². The van der Waals surface area contributed by atoms with E-state index in [1.54, 1.807) is 26.1 Å². The van der Waals surface area contributed by atoms with Gasteiger partial charge in [0.25, 0.3) is 0 Å². The molecule has 2 unspecified atom stereocenters. The van der Waals surface area contributed by atoms with Crippen LogP contribution in [-0.2, 0) is 14.8 Å². The highest BCUT2D eigenvalue weighted by Crippen LogP contribution is 2.25. The molecule has 9 heteroatoms. The van der Waals surface area contributed by atoms with Gasteiger partial charge >= 0.3 is 0 Å². The first-order valence-corrected chi connectivity index (χ1v) is 10.8. The summed E-state index contributed by atoms with van der Waals surface area (Å²) in [5.74, 6) is 0.560. The first-order chi connectivity index (χ1) is 12.8. The van der Waals surface area contributed by atoms with Crippen molar-refractivity contribution in [3.05, 3.63) is 35.6 Å². The zero-order valence-corrected chi connectivity index (χ0v) is 16.9. The van der Waals surface area contributed by atoms with Crippen LogP contribution < -0.4 is 10.0 Å². The van der Waals surface area contributed by atoms with Gasteiger partial charge in [0, 0.05) is 26.7 Å². The Hall–Kier alpha value is -1.71. The zero-order valence-electron chi connectivity index (χ0n) is 16.1. The van der Waals surface area contributed by atoms with Crippen molar-refractivity contribution in [1.29, 1.82) is 0 Å². The van der Waals surface area contributed by atoms with Gasteiger partial charge in [0.05, 0.1) is 18.4 Å². The number of halogens is 1. The molecule has 0 bridgehead atoms. The van der Waals surface area contributed by atoms with E-state index in [1.807, 2.05) is 6.92 Å². The van der Waals surface area contributed by atoms with Crippen LogP contribution >= 0.6 is 0 Å². The third kappa shape index (κ3) is 6.75. The molecule has 1 heterocycles. The number of hydrogen-bond donors (Lipinski definition) is 2. The fourth-order valence-electron chi connectivity index (χ4n) is 2.94. The quantitative estimate of drug-likeness (QED) is 0.412. The average Bonchev–Trinajstić information content (AvgIpc) is 2.64. The Kier molecular flexibility index (Phi) is 8.00. The molecule has 0 saturated carbocycles. The normalized spacial score (nSPS) is 21.3. The number of sulfonamides is 1. The number of guanidine groups is 1. The average molecular weight is 401 g/mol. The first kappa shape index (κ1) is 21.6. The molecule has 2 rings (SSSR count). The van der Waals surface area contributed by atoms with Crippen LogP contribution in [0.25, 0.3) is 0 Å². The van der Waals surface area contributed by atoms with Crippen molar-refractivity contribution >= 4 is 16.0 Å². The van der Waals surface area contributed by atoms with Crippen molar-refractivity contribution < 1.29 is 17.5 Å². The van der Waals surface area contributed by atoms with Crippen molar-refractivity contribution in [2.75, 3.05) is 39.0 Å². The van der Waals surface area contributed by atoms with Gasteiger partial charge in [-0.25, -0.2) is 17.5 Å². The third-order valence-corrected chi connectivity index (χ3v) is 5.76. The SMILES string of the molecule is CCS(=O)(=O)NCCCNC(=NC)N1CC(C)OC(c2ccc(F)cc2)C1. The zero-order chi connectivity index (χ0) is 19.9. The van der Waals surface area contributed by atoms with Gasteiger partial charge in [0.2, 0.25) is 10.0 Å². The minimum Gasteiger partial charge on any atom is -0.367 e. The number of nitrogens with one attached hydrogen (secondary N) is 2. The standard InChI is InChI=1S/C18H29FN4O3S/c1-4-27(24,25)22-11-5-10-21-18(20-3)23-12-14(2)26-17(13-23)15-6-8-16(19)9-7-15/h6-9,14,17,22H,4-5,10-13H2,1-3H3,(H,20,21). The number of aliphatic imine (C=N–C) groups is 1. The second kappa shape index (κ2) is 10.0. The summed E-state index contributed by atoms with van der Waals surface area (Å²) in [7, 11) is -1.44. The second-order valence-corrected chi connectivity index (χ2v) is 8.61. The maximum atomic E-state index is 13.2. The van der Waals surface area contributed by atoms with Crippen LogP contribution in [0.3, 0.4) is 0 Å². The Balaban J connectivity index is 1.88. The van der Waals surface area contributed by atoms with E-state index in [0.717, 1.165) is 11.5 Å². The molecule has 1 aliphatic heterocycles. The Morgan fingerprint density at radius 1 is 1.30 bits per heavy atom. The molecule has 7 nitrogen and oxygen atoms in total. The number of benzene rings is 1. The van der Waals surface area contributed by atoms with Gasteiger partial charge in [-0.1, -0.05) is 12.1 Å². The molecule has 152 valence electrons. The summed E-state index contributed by atoms with van der Waals surface area (Å²) in [6, 6.07) is 6.36. The number of hydrogen-bond acceptors (Lipinski definition) is 4. The molecular weight excluding hydrogens is 371 g/mol. The highest BCUT2D eigenvalue weighted by molar-refractivity contribution is 7.89. The van der Waals surface area contributed by atoms with Gasteiger partial charge in [-0.15, -0.1) is 0 Å². The lowest BCUT2D eigenvalue weighted by atomic mass is 10.1. The molecule has 0 aromatic heterocycles. The Bertz CT molecular complexity index is 725. The number of rotatable bonds is 7. The molecule has 1 aromatic carbocycles. The topological polar surface area (TPSA) is 83.0 Å². The summed E-state index contributed by atoms with van der Waals surface area (Å²) in [5.41, 5.74) is 0.928. The van der Waals surface area contributed by atoms with E-state index in [0.29, 0.717) is 32.6 Å². The van der Waals surface area contributed by atoms with Crippen molar-refractivity contribution in [1.82, 2.24) is 14.9 Å². The fourth-order valence-corrected chi connectivity index (χ4v) is 3.60. The van der Waals surface area contributed by atoms with Gasteiger partial charge < -0.3 is 15.0 Å². The van der Waals surface area contributed by atoms with Gasteiger partial charge in [-0.3, -0.25) is 4.99 Å². The summed E-state index contributed by atoms with van der Waals surface area (Å²) in [4.78, 5) is 6.44. The Morgan fingerprint density at radius 3 is 2.63 bits per heavy atom. The molecule has 1 fully saturated rings. The van der Waals surface area contributed by atoms with E-state index >= 15 is 0 Å². The van der Waals surface area contributed by atoms with Gasteiger partial charge in [-0.05, 0) is 38.0 Å². The number of morpholine rings is 1. The van der Waals surface area contributed by atoms with Gasteiger partial charge in [0.1, 0.15) is 11.9 Å². The third-order valence-electron chi connectivity index (χ3n) is 4.35. The van der Waals surface area contributed by atoms with E-state index in [2.05, 4.69) is 19.9 Å². The summed E-state index contributed by atoms with van der Waals surface area (Å²) < 4.78 is 44.6. The molecule has 0 spiro atoms. The van der Waals surface area contributed by atoms with Crippen molar-refractivity contribution in [2.45, 2.75) is 32.5 Å². The molecule has 1 aliphatic rings. The highest BCUT2D eigenvalue weighted by atomic mass is 32.2. The van der Waals surface area contributed by atoms with E-state index in [9.17, 15) is 12.8 Å². The predicted octanol–water partition coefficient (Wildman–Crippen LogP) is 1.49. The molecular formula is C18H29FN4O3S. The van der Waals surface area contributed by atoms with Crippen molar-refractivity contribution in [3.63, 3.8) is 0 Å². The molecule has 2 N–H and O–H groups in total. The van der Waals surface area contributed by atoms with E-state index in [4.69, 9.17) is 4.74 Å². The highest BCUT2D eigenvalue weighted by Gasteiger charge is 2.28. The lowest BCUT2D eigenvalue weighted by molar-refractivity contribution is -0.0605. The monoisotopic (exact) mass is 400 g/mol. The molecule has 27 heavy (non-hydrogen) atoms. The molecule has 0 radical (unpaired) electrons. The first-order valence-electron chi connectivity index (χ1n) is 9.18. The minimum atomic E-state index is -3.16. The molecule has 1 aromatic rings. The molecule has 0 amide bonds. The second-order valence-electron chi connectivity index (χ2n) is 6.52. The van der Waals surface area contributed by atoms with Crippen LogP contribution in [0.1, 0.15) is 31.9 Å². The predicted molar refractivity (Wildman–Crippen MR) is 105 cm³/mol. The lowest BCUT2D eigenvalue weighted by Crippen LogP contribution is -2.51. The van der Waals surface area contributed by atoms with E-state index < -0.39 is 10.0 Å². The largest absolute Gasteiger partial charge is 0.367 e. The summed E-state index contributed by atoms with van der Waals surface area (Å²) in [6.07, 6.45) is 0.493. The fraction of sp³-hybridized carbons (Fsp3) is 0.611. The van der Waals surface area contributed by atoms with Crippen LogP contribution in [0.15, 0.2) is 29.3 Å². The lowest BCUT2D eigenvalue weighted by Gasteiger charge is -2.38. The maximum absolute atomic E-state index is 13.2. The van der Waals surface area contributed by atoms with Crippen molar-refractivity contribution in [3.8, 4) is 0 Å². The number of ether oxygens (including phenoxy) is 1. The Labute approximate surface area is 161 Å². The van der Waals surface area contributed by atoms with Crippen LogP contribution in [0, 0.1) is 5.82 Å².